The van der Waals surface area contributed by atoms with Gasteiger partial charge in [0.25, 0.3) is 0 Å². The predicted molar refractivity (Wildman–Crippen MR) is 95.1 cm³/mol. The van der Waals surface area contributed by atoms with Crippen LogP contribution in [0, 0.1) is 0 Å². The van der Waals surface area contributed by atoms with Crippen LogP contribution in [0.1, 0.15) is 50.5 Å². The number of rotatable bonds is 9. The molecule has 0 unspecified atom stereocenters. The van der Waals surface area contributed by atoms with Gasteiger partial charge in [0, 0.05) is 18.5 Å². The summed E-state index contributed by atoms with van der Waals surface area (Å²) in [5, 5.41) is 14.7. The molecule has 2 rings (SSSR count). The van der Waals surface area contributed by atoms with E-state index in [0.29, 0.717) is 17.4 Å². The summed E-state index contributed by atoms with van der Waals surface area (Å²) < 4.78 is 6.91. The van der Waals surface area contributed by atoms with E-state index in [1.54, 1.807) is 28.9 Å². The van der Waals surface area contributed by atoms with Gasteiger partial charge in [0.2, 0.25) is 5.91 Å². The summed E-state index contributed by atoms with van der Waals surface area (Å²) in [7, 11) is 0. The number of halogens is 1. The quantitative estimate of drug-likeness (QED) is 0.672. The lowest BCUT2D eigenvalue weighted by Crippen LogP contribution is -2.28. The zero-order valence-electron chi connectivity index (χ0n) is 14.8. The van der Waals surface area contributed by atoms with Gasteiger partial charge in [-0.1, -0.05) is 37.1 Å². The summed E-state index contributed by atoms with van der Waals surface area (Å²) in [4.78, 5) is 23.7. The summed E-state index contributed by atoms with van der Waals surface area (Å²) >= 11 is 5.89. The first kappa shape index (κ1) is 19.8. The average molecular weight is 380 g/mol. The van der Waals surface area contributed by atoms with E-state index >= 15 is 0 Å². The Balaban J connectivity index is 1.95. The molecule has 1 atom stereocenters. The van der Waals surface area contributed by atoms with Crippen LogP contribution in [-0.2, 0) is 27.5 Å². The number of ether oxygens (including phenoxy) is 1. The van der Waals surface area contributed by atoms with Gasteiger partial charge in [-0.15, -0.1) is 5.10 Å². The third-order valence-corrected chi connectivity index (χ3v) is 3.96. The standard InChI is InChI=1S/C17H22ClN5O3/c1-3-4-9-23-16(20-21-22-23)11-26-17(25)10-15(19-12(2)24)13-5-7-14(18)8-6-13/h5-8,15H,3-4,9-11H2,1-2H3,(H,19,24)/t15-/m0/s1. The van der Waals surface area contributed by atoms with Crippen molar-refractivity contribution < 1.29 is 14.3 Å². The number of nitrogens with one attached hydrogen (secondary N) is 1. The molecule has 26 heavy (non-hydrogen) atoms. The molecule has 140 valence electrons. The summed E-state index contributed by atoms with van der Waals surface area (Å²) in [5.41, 5.74) is 0.773. The third-order valence-electron chi connectivity index (χ3n) is 3.71. The Morgan fingerprint density at radius 1 is 1.31 bits per heavy atom. The highest BCUT2D eigenvalue weighted by Crippen LogP contribution is 2.20. The van der Waals surface area contributed by atoms with Crippen molar-refractivity contribution in [3.05, 3.63) is 40.7 Å². The lowest BCUT2D eigenvalue weighted by molar-refractivity contribution is -0.146. The lowest BCUT2D eigenvalue weighted by atomic mass is 10.0. The van der Waals surface area contributed by atoms with Crippen molar-refractivity contribution in [1.82, 2.24) is 25.5 Å². The van der Waals surface area contributed by atoms with Crippen LogP contribution < -0.4 is 5.32 Å². The molecule has 0 aliphatic carbocycles. The molecular formula is C17H22ClN5O3. The van der Waals surface area contributed by atoms with Crippen LogP contribution in [-0.4, -0.2) is 32.1 Å². The number of hydrogen-bond donors (Lipinski definition) is 1. The second kappa shape index (κ2) is 9.86. The molecule has 0 fully saturated rings. The Kier molecular flexibility index (Phi) is 7.53. The Morgan fingerprint density at radius 2 is 2.04 bits per heavy atom. The van der Waals surface area contributed by atoms with Crippen LogP contribution in [0.3, 0.4) is 0 Å². The number of carbonyl (C=O) groups excluding carboxylic acids is 2. The van der Waals surface area contributed by atoms with E-state index in [1.807, 2.05) is 0 Å². The van der Waals surface area contributed by atoms with Crippen LogP contribution >= 0.6 is 11.6 Å². The maximum absolute atomic E-state index is 12.2. The fourth-order valence-corrected chi connectivity index (χ4v) is 2.50. The highest BCUT2D eigenvalue weighted by atomic mass is 35.5. The number of aryl methyl sites for hydroxylation is 1. The lowest BCUT2D eigenvalue weighted by Gasteiger charge is -2.17. The number of amides is 1. The number of nitrogens with zero attached hydrogens (tertiary/aromatic N) is 4. The Hall–Kier alpha value is -2.48. The first-order valence-corrected chi connectivity index (χ1v) is 8.80. The molecule has 1 aromatic carbocycles. The van der Waals surface area contributed by atoms with Crippen LogP contribution in [0.4, 0.5) is 0 Å². The minimum Gasteiger partial charge on any atom is -0.457 e. The van der Waals surface area contributed by atoms with Crippen molar-refractivity contribution in [3.63, 3.8) is 0 Å². The van der Waals surface area contributed by atoms with Crippen molar-refractivity contribution >= 4 is 23.5 Å². The van der Waals surface area contributed by atoms with E-state index in [1.165, 1.54) is 6.92 Å². The normalized spacial score (nSPS) is 11.8. The number of benzene rings is 1. The van der Waals surface area contributed by atoms with E-state index < -0.39 is 12.0 Å². The van der Waals surface area contributed by atoms with Crippen LogP contribution in [0.25, 0.3) is 0 Å². The SMILES string of the molecule is CCCCn1nnnc1COC(=O)C[C@H](NC(C)=O)c1ccc(Cl)cc1. The molecule has 0 aliphatic heterocycles. The van der Waals surface area contributed by atoms with Gasteiger partial charge in [-0.05, 0) is 34.5 Å². The fraction of sp³-hybridized carbons (Fsp3) is 0.471. The van der Waals surface area contributed by atoms with Crippen molar-refractivity contribution in [2.45, 2.75) is 52.3 Å². The van der Waals surface area contributed by atoms with Crippen LogP contribution in [0.15, 0.2) is 24.3 Å². The molecule has 9 heteroatoms. The molecule has 0 bridgehead atoms. The number of esters is 1. The molecule has 1 heterocycles. The molecule has 1 aromatic heterocycles. The van der Waals surface area contributed by atoms with E-state index in [-0.39, 0.29) is 18.9 Å². The molecule has 8 nitrogen and oxygen atoms in total. The second-order valence-electron chi connectivity index (χ2n) is 5.84. The van der Waals surface area contributed by atoms with Crippen molar-refractivity contribution in [1.29, 1.82) is 0 Å². The van der Waals surface area contributed by atoms with Gasteiger partial charge in [-0.2, -0.15) is 0 Å². The van der Waals surface area contributed by atoms with E-state index in [9.17, 15) is 9.59 Å². The summed E-state index contributed by atoms with van der Waals surface area (Å²) in [5.74, 6) is -0.195. The monoisotopic (exact) mass is 379 g/mol. The van der Waals surface area contributed by atoms with E-state index in [0.717, 1.165) is 18.4 Å². The van der Waals surface area contributed by atoms with Gasteiger partial charge in [0.05, 0.1) is 12.5 Å². The van der Waals surface area contributed by atoms with Gasteiger partial charge >= 0.3 is 5.97 Å². The first-order valence-electron chi connectivity index (χ1n) is 8.42. The first-order chi connectivity index (χ1) is 12.5. The third kappa shape index (κ3) is 6.11. The van der Waals surface area contributed by atoms with Crippen molar-refractivity contribution in [2.24, 2.45) is 0 Å². The minimum absolute atomic E-state index is 0.00224. The van der Waals surface area contributed by atoms with Gasteiger partial charge in [-0.3, -0.25) is 9.59 Å². The smallest absolute Gasteiger partial charge is 0.308 e. The largest absolute Gasteiger partial charge is 0.457 e. The van der Waals surface area contributed by atoms with Crippen molar-refractivity contribution in [3.8, 4) is 0 Å². The maximum atomic E-state index is 12.2. The zero-order chi connectivity index (χ0) is 18.9. The van der Waals surface area contributed by atoms with Gasteiger partial charge < -0.3 is 10.1 Å². The molecule has 1 N–H and O–H groups in total. The number of aromatic nitrogens is 4. The molecule has 0 aliphatic rings. The number of unbranched alkanes of at least 4 members (excludes halogenated alkanes) is 1. The zero-order valence-corrected chi connectivity index (χ0v) is 15.6. The predicted octanol–water partition coefficient (Wildman–Crippen LogP) is 2.44. The van der Waals surface area contributed by atoms with Crippen LogP contribution in [0.5, 0.6) is 0 Å². The minimum atomic E-state index is -0.492. The second-order valence-corrected chi connectivity index (χ2v) is 6.28. The Bertz CT molecular complexity index is 732. The van der Waals surface area contributed by atoms with Crippen LogP contribution in [0.2, 0.25) is 5.02 Å². The summed E-state index contributed by atoms with van der Waals surface area (Å²) in [6, 6.07) is 6.45. The molecule has 0 saturated carbocycles. The van der Waals surface area contributed by atoms with Crippen molar-refractivity contribution in [2.75, 3.05) is 0 Å². The Morgan fingerprint density at radius 3 is 2.69 bits per heavy atom. The molecule has 0 saturated heterocycles. The Labute approximate surface area is 156 Å². The van der Waals surface area contributed by atoms with Gasteiger partial charge in [0.15, 0.2) is 12.4 Å². The van der Waals surface area contributed by atoms with E-state index in [4.69, 9.17) is 16.3 Å². The maximum Gasteiger partial charge on any atom is 0.308 e. The molecule has 1 amide bonds. The summed E-state index contributed by atoms with van der Waals surface area (Å²) in [6.07, 6.45) is 1.95. The highest BCUT2D eigenvalue weighted by Gasteiger charge is 2.19. The topological polar surface area (TPSA) is 99.0 Å². The number of hydrogen-bond acceptors (Lipinski definition) is 6. The average Bonchev–Trinajstić information content (AvgIpc) is 3.05. The molecular weight excluding hydrogens is 358 g/mol. The number of carbonyl (C=O) groups is 2. The number of tetrazole rings is 1. The molecule has 2 aromatic rings. The van der Waals surface area contributed by atoms with Gasteiger partial charge in [-0.25, -0.2) is 4.68 Å². The van der Waals surface area contributed by atoms with Gasteiger partial charge in [0.1, 0.15) is 0 Å². The van der Waals surface area contributed by atoms with E-state index in [2.05, 4.69) is 27.8 Å². The summed E-state index contributed by atoms with van der Waals surface area (Å²) in [6.45, 7) is 4.14. The molecule has 0 spiro atoms. The highest BCUT2D eigenvalue weighted by molar-refractivity contribution is 6.30. The molecule has 0 radical (unpaired) electrons. The fourth-order valence-electron chi connectivity index (χ4n) is 2.37.